The highest BCUT2D eigenvalue weighted by molar-refractivity contribution is 7.21. The predicted molar refractivity (Wildman–Crippen MR) is 87.2 cm³/mol. The van der Waals surface area contributed by atoms with E-state index in [4.69, 9.17) is 20.2 Å². The van der Waals surface area contributed by atoms with Gasteiger partial charge in [0.25, 0.3) is 0 Å². The first-order valence-corrected chi connectivity index (χ1v) is 8.31. The Morgan fingerprint density at radius 2 is 2.32 bits per heavy atom. The van der Waals surface area contributed by atoms with Crippen LogP contribution in [-0.4, -0.2) is 23.2 Å². The number of ether oxygens (including phenoxy) is 2. The second-order valence-electron chi connectivity index (χ2n) is 5.78. The second-order valence-corrected chi connectivity index (χ2v) is 6.78. The van der Waals surface area contributed by atoms with Gasteiger partial charge < -0.3 is 15.2 Å². The third-order valence-electron chi connectivity index (χ3n) is 4.22. The number of pyridine rings is 1. The van der Waals surface area contributed by atoms with Crippen LogP contribution < -0.4 is 5.73 Å². The number of rotatable bonds is 3. The number of fused-ring (bicyclic) bond motifs is 2. The summed E-state index contributed by atoms with van der Waals surface area (Å²) in [5, 5.41) is 0.815. The van der Waals surface area contributed by atoms with Gasteiger partial charge in [0.15, 0.2) is 0 Å². The molecule has 6 heteroatoms. The molecule has 3 heterocycles. The van der Waals surface area contributed by atoms with Gasteiger partial charge in [0, 0.05) is 17.4 Å². The van der Waals surface area contributed by atoms with Gasteiger partial charge in [0.05, 0.1) is 30.2 Å². The van der Waals surface area contributed by atoms with Crippen molar-refractivity contribution in [3.05, 3.63) is 22.2 Å². The minimum atomic E-state index is -0.379. The van der Waals surface area contributed by atoms with Crippen molar-refractivity contribution in [2.75, 3.05) is 12.3 Å². The topological polar surface area (TPSA) is 74.4 Å². The zero-order valence-corrected chi connectivity index (χ0v) is 13.9. The lowest BCUT2D eigenvalue weighted by Crippen LogP contribution is -2.35. The molecule has 2 N–H and O–H groups in total. The third kappa shape index (κ3) is 2.46. The maximum atomic E-state index is 12.0. The molecule has 0 spiro atoms. The molecule has 22 heavy (non-hydrogen) atoms. The fourth-order valence-electron chi connectivity index (χ4n) is 2.63. The number of nitrogen functional groups attached to an aromatic ring is 1. The van der Waals surface area contributed by atoms with E-state index < -0.39 is 0 Å². The molecule has 0 saturated carbocycles. The molecule has 5 nitrogen and oxygen atoms in total. The maximum Gasteiger partial charge on any atom is 0.350 e. The van der Waals surface area contributed by atoms with Gasteiger partial charge in [-0.2, -0.15) is 0 Å². The van der Waals surface area contributed by atoms with Gasteiger partial charge in [-0.3, -0.25) is 0 Å². The molecule has 0 fully saturated rings. The van der Waals surface area contributed by atoms with E-state index in [9.17, 15) is 4.79 Å². The van der Waals surface area contributed by atoms with E-state index >= 15 is 0 Å². The van der Waals surface area contributed by atoms with E-state index in [0.29, 0.717) is 23.8 Å². The SMILES string of the molecule is CCOC(=O)c1sc2nc3c(cc2c1N)CO[C@@](C)(CC)C3. The quantitative estimate of drug-likeness (QED) is 0.878. The van der Waals surface area contributed by atoms with Crippen molar-refractivity contribution < 1.29 is 14.3 Å². The Labute approximate surface area is 133 Å². The molecule has 0 radical (unpaired) electrons. The first-order valence-electron chi connectivity index (χ1n) is 7.49. The molecule has 0 aliphatic carbocycles. The first kappa shape index (κ1) is 15.2. The number of nitrogens with zero attached hydrogens (tertiary/aromatic N) is 1. The van der Waals surface area contributed by atoms with Gasteiger partial charge in [0.1, 0.15) is 9.71 Å². The zero-order valence-electron chi connectivity index (χ0n) is 13.1. The van der Waals surface area contributed by atoms with Crippen molar-refractivity contribution in [3.63, 3.8) is 0 Å². The summed E-state index contributed by atoms with van der Waals surface area (Å²) < 4.78 is 11.0. The lowest BCUT2D eigenvalue weighted by Gasteiger charge is -2.33. The van der Waals surface area contributed by atoms with Gasteiger partial charge in [-0.25, -0.2) is 9.78 Å². The average Bonchev–Trinajstić information content (AvgIpc) is 2.82. The normalized spacial score (nSPS) is 20.9. The summed E-state index contributed by atoms with van der Waals surface area (Å²) in [5.74, 6) is -0.379. The molecule has 0 amide bonds. The lowest BCUT2D eigenvalue weighted by atomic mass is 9.91. The molecule has 1 aliphatic rings. The van der Waals surface area contributed by atoms with Gasteiger partial charge >= 0.3 is 5.97 Å². The highest BCUT2D eigenvalue weighted by Gasteiger charge is 2.31. The Balaban J connectivity index is 2.06. The second kappa shape index (κ2) is 5.52. The molecule has 118 valence electrons. The smallest absolute Gasteiger partial charge is 0.350 e. The van der Waals surface area contributed by atoms with Crippen LogP contribution >= 0.6 is 11.3 Å². The zero-order chi connectivity index (χ0) is 15.9. The fraction of sp³-hybridized carbons (Fsp3) is 0.500. The lowest BCUT2D eigenvalue weighted by molar-refractivity contribution is -0.0573. The summed E-state index contributed by atoms with van der Waals surface area (Å²) in [6.45, 7) is 6.87. The summed E-state index contributed by atoms with van der Waals surface area (Å²) in [7, 11) is 0. The number of nitrogens with two attached hydrogens (primary N) is 1. The number of aromatic nitrogens is 1. The van der Waals surface area contributed by atoms with Crippen molar-refractivity contribution in [2.24, 2.45) is 0 Å². The number of carbonyl (C=O) groups is 1. The van der Waals surface area contributed by atoms with Crippen LogP contribution in [0.3, 0.4) is 0 Å². The number of thiophene rings is 1. The van der Waals surface area contributed by atoms with Crippen molar-refractivity contribution in [1.29, 1.82) is 0 Å². The van der Waals surface area contributed by atoms with E-state index in [0.717, 1.165) is 34.3 Å². The summed E-state index contributed by atoms with van der Waals surface area (Å²) in [6, 6.07) is 2.00. The van der Waals surface area contributed by atoms with Crippen LogP contribution in [0.4, 0.5) is 5.69 Å². The molecule has 2 aromatic heterocycles. The molecule has 0 unspecified atom stereocenters. The highest BCUT2D eigenvalue weighted by Crippen LogP contribution is 2.37. The average molecular weight is 320 g/mol. The largest absolute Gasteiger partial charge is 0.462 e. The van der Waals surface area contributed by atoms with Crippen LogP contribution in [0.2, 0.25) is 0 Å². The van der Waals surface area contributed by atoms with Crippen LogP contribution in [0.25, 0.3) is 10.2 Å². The van der Waals surface area contributed by atoms with E-state index in [1.165, 1.54) is 11.3 Å². The number of hydrogen-bond acceptors (Lipinski definition) is 6. The predicted octanol–water partition coefficient (Wildman–Crippen LogP) is 3.30. The Kier molecular flexibility index (Phi) is 3.82. The maximum absolute atomic E-state index is 12.0. The molecule has 0 aromatic carbocycles. The first-order chi connectivity index (χ1) is 10.5. The van der Waals surface area contributed by atoms with Gasteiger partial charge in [-0.15, -0.1) is 11.3 Å². The Hall–Kier alpha value is -1.66. The van der Waals surface area contributed by atoms with Crippen LogP contribution in [0.1, 0.15) is 48.1 Å². The third-order valence-corrected chi connectivity index (χ3v) is 5.31. The molecule has 0 bridgehead atoms. The van der Waals surface area contributed by atoms with E-state index in [2.05, 4.69) is 13.8 Å². The van der Waals surface area contributed by atoms with Crippen molar-refractivity contribution in [2.45, 2.75) is 45.8 Å². The van der Waals surface area contributed by atoms with Crippen molar-refractivity contribution in [3.8, 4) is 0 Å². The minimum absolute atomic E-state index is 0.166. The number of anilines is 1. The van der Waals surface area contributed by atoms with E-state index in [1.54, 1.807) is 6.92 Å². The highest BCUT2D eigenvalue weighted by atomic mass is 32.1. The van der Waals surface area contributed by atoms with Crippen LogP contribution in [0.15, 0.2) is 6.07 Å². The molecule has 3 rings (SSSR count). The molecule has 2 aromatic rings. The monoisotopic (exact) mass is 320 g/mol. The standard InChI is InChI=1S/C16H20N2O3S/c1-4-16(3)7-11-9(8-21-16)6-10-12(17)13(15(19)20-5-2)22-14(10)18-11/h6H,4-5,7-8,17H2,1-3H3/t16-/m0/s1. The molecule has 0 saturated heterocycles. The van der Waals surface area contributed by atoms with E-state index in [1.807, 2.05) is 6.07 Å². The van der Waals surface area contributed by atoms with Crippen LogP contribution in [-0.2, 0) is 22.5 Å². The van der Waals surface area contributed by atoms with Crippen LogP contribution in [0, 0.1) is 0 Å². The number of esters is 1. The van der Waals surface area contributed by atoms with Gasteiger partial charge in [-0.1, -0.05) is 6.92 Å². The summed E-state index contributed by atoms with van der Waals surface area (Å²) in [4.78, 5) is 17.9. The van der Waals surface area contributed by atoms with Crippen LogP contribution in [0.5, 0.6) is 0 Å². The Morgan fingerprint density at radius 3 is 3.00 bits per heavy atom. The Bertz CT molecular complexity index is 741. The Morgan fingerprint density at radius 1 is 1.55 bits per heavy atom. The summed E-state index contributed by atoms with van der Waals surface area (Å²) in [5.41, 5.74) is 8.50. The summed E-state index contributed by atoms with van der Waals surface area (Å²) >= 11 is 1.30. The number of hydrogen-bond donors (Lipinski definition) is 1. The summed E-state index contributed by atoms with van der Waals surface area (Å²) in [6.07, 6.45) is 1.72. The van der Waals surface area contributed by atoms with Crippen molar-refractivity contribution >= 4 is 33.2 Å². The van der Waals surface area contributed by atoms with Gasteiger partial charge in [0.2, 0.25) is 0 Å². The molecule has 1 atom stereocenters. The molecule has 1 aliphatic heterocycles. The van der Waals surface area contributed by atoms with Gasteiger partial charge in [-0.05, 0) is 26.3 Å². The molecular weight excluding hydrogens is 300 g/mol. The van der Waals surface area contributed by atoms with Crippen molar-refractivity contribution in [1.82, 2.24) is 4.98 Å². The minimum Gasteiger partial charge on any atom is -0.462 e. The molecular formula is C16H20N2O3S. The fourth-order valence-corrected chi connectivity index (χ4v) is 3.62. The van der Waals surface area contributed by atoms with E-state index in [-0.39, 0.29) is 11.6 Å². The number of carbonyl (C=O) groups excluding carboxylic acids is 1.